The van der Waals surface area contributed by atoms with Crippen LogP contribution in [0.2, 0.25) is 0 Å². The monoisotopic (exact) mass is 200 g/mol. The number of hydrogen-bond acceptors (Lipinski definition) is 1. The van der Waals surface area contributed by atoms with Crippen molar-refractivity contribution in [3.63, 3.8) is 0 Å². The van der Waals surface area contributed by atoms with E-state index in [-0.39, 0.29) is 6.10 Å². The molecule has 0 fully saturated rings. The van der Waals surface area contributed by atoms with E-state index in [0.717, 1.165) is 6.42 Å². The molecule has 86 valence electrons. The van der Waals surface area contributed by atoms with E-state index in [1.807, 2.05) is 6.92 Å². The second kappa shape index (κ2) is 6.44. The first-order valence-corrected chi connectivity index (χ1v) is 6.05. The second-order valence-electron chi connectivity index (χ2n) is 5.60. The van der Waals surface area contributed by atoms with Crippen molar-refractivity contribution in [1.82, 2.24) is 0 Å². The van der Waals surface area contributed by atoms with Gasteiger partial charge in [0.15, 0.2) is 0 Å². The highest BCUT2D eigenvalue weighted by atomic mass is 16.3. The van der Waals surface area contributed by atoms with Gasteiger partial charge in [0.1, 0.15) is 0 Å². The number of aliphatic hydroxyl groups excluding tert-OH is 1. The minimum absolute atomic E-state index is 0.135. The Morgan fingerprint density at radius 2 is 1.79 bits per heavy atom. The van der Waals surface area contributed by atoms with Gasteiger partial charge in [-0.3, -0.25) is 0 Å². The largest absolute Gasteiger partial charge is 0.393 e. The van der Waals surface area contributed by atoms with Crippen molar-refractivity contribution in [2.45, 2.75) is 72.8 Å². The predicted molar refractivity (Wildman–Crippen MR) is 63.4 cm³/mol. The van der Waals surface area contributed by atoms with Gasteiger partial charge in [-0.1, -0.05) is 47.0 Å². The molecule has 0 aromatic heterocycles. The first kappa shape index (κ1) is 14.0. The third-order valence-corrected chi connectivity index (χ3v) is 3.25. The summed E-state index contributed by atoms with van der Waals surface area (Å²) in [6.07, 6.45) is 5.95. The molecule has 0 aromatic rings. The van der Waals surface area contributed by atoms with Gasteiger partial charge < -0.3 is 5.11 Å². The van der Waals surface area contributed by atoms with Gasteiger partial charge in [0.05, 0.1) is 6.10 Å². The molecule has 2 unspecified atom stereocenters. The van der Waals surface area contributed by atoms with Crippen LogP contribution in [0.1, 0.15) is 66.7 Å². The lowest BCUT2D eigenvalue weighted by Crippen LogP contribution is -2.11. The third-order valence-electron chi connectivity index (χ3n) is 3.25. The molecule has 0 heterocycles. The Balaban J connectivity index is 3.53. The van der Waals surface area contributed by atoms with Gasteiger partial charge in [-0.15, -0.1) is 0 Å². The van der Waals surface area contributed by atoms with Crippen molar-refractivity contribution in [2.24, 2.45) is 11.3 Å². The van der Waals surface area contributed by atoms with Crippen LogP contribution in [0, 0.1) is 11.3 Å². The molecule has 0 bridgehead atoms. The van der Waals surface area contributed by atoms with Crippen LogP contribution in [0.15, 0.2) is 0 Å². The summed E-state index contributed by atoms with van der Waals surface area (Å²) in [6, 6.07) is 0. The fraction of sp³-hybridized carbons (Fsp3) is 1.00. The van der Waals surface area contributed by atoms with Crippen molar-refractivity contribution in [3.05, 3.63) is 0 Å². The summed E-state index contributed by atoms with van der Waals surface area (Å²) >= 11 is 0. The van der Waals surface area contributed by atoms with E-state index in [1.54, 1.807) is 0 Å². The Hall–Kier alpha value is -0.0400. The van der Waals surface area contributed by atoms with E-state index in [1.165, 1.54) is 25.7 Å². The minimum atomic E-state index is -0.135. The van der Waals surface area contributed by atoms with Crippen LogP contribution in [0.25, 0.3) is 0 Å². The summed E-state index contributed by atoms with van der Waals surface area (Å²) in [7, 11) is 0. The van der Waals surface area contributed by atoms with E-state index in [4.69, 9.17) is 0 Å². The molecule has 0 aliphatic rings. The van der Waals surface area contributed by atoms with E-state index in [0.29, 0.717) is 11.3 Å². The van der Waals surface area contributed by atoms with E-state index in [2.05, 4.69) is 27.7 Å². The maximum Gasteiger partial charge on any atom is 0.0514 e. The van der Waals surface area contributed by atoms with Gasteiger partial charge >= 0.3 is 0 Å². The van der Waals surface area contributed by atoms with Crippen LogP contribution in [-0.4, -0.2) is 11.2 Å². The zero-order valence-corrected chi connectivity index (χ0v) is 10.6. The van der Waals surface area contributed by atoms with Gasteiger partial charge in [-0.05, 0) is 31.1 Å². The molecule has 2 atom stereocenters. The number of hydrogen-bond donors (Lipinski definition) is 1. The highest BCUT2D eigenvalue weighted by molar-refractivity contribution is 4.67. The molecule has 0 aliphatic heterocycles. The summed E-state index contributed by atoms with van der Waals surface area (Å²) in [4.78, 5) is 0. The molecule has 1 heteroatoms. The Morgan fingerprint density at radius 3 is 2.21 bits per heavy atom. The second-order valence-corrected chi connectivity index (χ2v) is 5.60. The molecular formula is C13H28O. The Bertz CT molecular complexity index is 138. The lowest BCUT2D eigenvalue weighted by molar-refractivity contribution is 0.159. The van der Waals surface area contributed by atoms with Crippen LogP contribution in [-0.2, 0) is 0 Å². The Kier molecular flexibility index (Phi) is 6.43. The lowest BCUT2D eigenvalue weighted by atomic mass is 9.83. The van der Waals surface area contributed by atoms with Crippen molar-refractivity contribution < 1.29 is 5.11 Å². The van der Waals surface area contributed by atoms with Crippen LogP contribution in [0.3, 0.4) is 0 Å². The molecule has 0 amide bonds. The Labute approximate surface area is 89.9 Å². The maximum atomic E-state index is 9.23. The first-order chi connectivity index (χ1) is 6.37. The first-order valence-electron chi connectivity index (χ1n) is 6.05. The fourth-order valence-corrected chi connectivity index (χ4v) is 1.81. The smallest absolute Gasteiger partial charge is 0.0514 e. The number of aliphatic hydroxyl groups is 1. The topological polar surface area (TPSA) is 20.2 Å². The summed E-state index contributed by atoms with van der Waals surface area (Å²) in [6.45, 7) is 11.1. The molecule has 1 N–H and O–H groups in total. The molecular weight excluding hydrogens is 172 g/mol. The zero-order valence-electron chi connectivity index (χ0n) is 10.6. The Morgan fingerprint density at radius 1 is 1.21 bits per heavy atom. The quantitative estimate of drug-likeness (QED) is 0.658. The fourth-order valence-electron chi connectivity index (χ4n) is 1.81. The van der Waals surface area contributed by atoms with Gasteiger partial charge in [0, 0.05) is 0 Å². The average molecular weight is 200 g/mol. The SMILES string of the molecule is CCC(C)(C)CCCC(C)CC(C)O. The molecule has 0 saturated carbocycles. The molecule has 1 nitrogen and oxygen atoms in total. The van der Waals surface area contributed by atoms with E-state index >= 15 is 0 Å². The van der Waals surface area contributed by atoms with Crippen LogP contribution in [0.4, 0.5) is 0 Å². The third kappa shape index (κ3) is 7.37. The van der Waals surface area contributed by atoms with Crippen molar-refractivity contribution >= 4 is 0 Å². The van der Waals surface area contributed by atoms with Gasteiger partial charge in [0.25, 0.3) is 0 Å². The highest BCUT2D eigenvalue weighted by Crippen LogP contribution is 2.28. The summed E-state index contributed by atoms with van der Waals surface area (Å²) in [5.41, 5.74) is 0.505. The van der Waals surface area contributed by atoms with Gasteiger partial charge in [-0.25, -0.2) is 0 Å². The summed E-state index contributed by atoms with van der Waals surface area (Å²) in [5.74, 6) is 0.669. The summed E-state index contributed by atoms with van der Waals surface area (Å²) in [5, 5.41) is 9.23. The molecule has 0 aliphatic carbocycles. The molecule has 0 aromatic carbocycles. The van der Waals surface area contributed by atoms with Crippen LogP contribution in [0.5, 0.6) is 0 Å². The zero-order chi connectivity index (χ0) is 11.2. The van der Waals surface area contributed by atoms with Crippen molar-refractivity contribution in [1.29, 1.82) is 0 Å². The van der Waals surface area contributed by atoms with E-state index in [9.17, 15) is 5.11 Å². The van der Waals surface area contributed by atoms with Crippen LogP contribution < -0.4 is 0 Å². The molecule has 0 rings (SSSR count). The standard InChI is InChI=1S/C13H28O/c1-6-13(4,5)9-7-8-11(2)10-12(3)14/h11-12,14H,6-10H2,1-5H3. The normalized spacial score (nSPS) is 16.7. The van der Waals surface area contributed by atoms with Gasteiger partial charge in [-0.2, -0.15) is 0 Å². The average Bonchev–Trinajstić information content (AvgIpc) is 2.02. The van der Waals surface area contributed by atoms with Crippen LogP contribution >= 0.6 is 0 Å². The van der Waals surface area contributed by atoms with Crippen molar-refractivity contribution in [2.75, 3.05) is 0 Å². The summed E-state index contributed by atoms with van der Waals surface area (Å²) < 4.78 is 0. The van der Waals surface area contributed by atoms with Crippen molar-refractivity contribution in [3.8, 4) is 0 Å². The minimum Gasteiger partial charge on any atom is -0.393 e. The van der Waals surface area contributed by atoms with Gasteiger partial charge in [0.2, 0.25) is 0 Å². The maximum absolute atomic E-state index is 9.23. The highest BCUT2D eigenvalue weighted by Gasteiger charge is 2.15. The molecule has 0 radical (unpaired) electrons. The molecule has 14 heavy (non-hydrogen) atoms. The lowest BCUT2D eigenvalue weighted by Gasteiger charge is -2.23. The molecule has 0 saturated heterocycles. The molecule has 0 spiro atoms. The van der Waals surface area contributed by atoms with E-state index < -0.39 is 0 Å². The predicted octanol–water partition coefficient (Wildman–Crippen LogP) is 4.00. The number of rotatable bonds is 7.